The summed E-state index contributed by atoms with van der Waals surface area (Å²) in [6, 6.07) is 14.7. The number of aliphatic carboxylic acids is 1. The molecule has 4 rings (SSSR count). The number of hydrogen-bond acceptors (Lipinski definition) is 8. The van der Waals surface area contributed by atoms with Crippen LogP contribution >= 0.6 is 0 Å². The second-order valence-corrected chi connectivity index (χ2v) is 10.1. The smallest absolute Gasteiger partial charge is 0.305 e. The number of Topliss-reactive ketones (excluding diaryl/α,β-unsaturated/α-hetero) is 1. The number of nitrogens with one attached hydrogen (secondary N) is 2. The minimum Gasteiger partial charge on any atom is -0.481 e. The topological polar surface area (TPSA) is 176 Å². The molecule has 42 heavy (non-hydrogen) atoms. The molecule has 13 nitrogen and oxygen atoms in total. The van der Waals surface area contributed by atoms with Crippen molar-refractivity contribution in [1.82, 2.24) is 35.7 Å². The predicted molar refractivity (Wildman–Crippen MR) is 149 cm³/mol. The zero-order chi connectivity index (χ0) is 30.1. The molecule has 2 unspecified atom stereocenters. The molecule has 0 bridgehead atoms. The van der Waals surface area contributed by atoms with Gasteiger partial charge in [-0.25, -0.2) is 4.68 Å². The molecule has 3 aromatic rings. The van der Waals surface area contributed by atoms with E-state index in [1.165, 1.54) is 16.5 Å². The van der Waals surface area contributed by atoms with Crippen LogP contribution in [-0.4, -0.2) is 84.4 Å². The monoisotopic (exact) mass is 575 g/mol. The number of hydrogen-bond donors (Lipinski definition) is 3. The van der Waals surface area contributed by atoms with Crippen molar-refractivity contribution in [2.75, 3.05) is 6.54 Å². The van der Waals surface area contributed by atoms with Crippen LogP contribution in [0.5, 0.6) is 0 Å². The molecule has 1 aliphatic heterocycles. The third-order valence-electron chi connectivity index (χ3n) is 7.11. The minimum absolute atomic E-state index is 0.274. The summed E-state index contributed by atoms with van der Waals surface area (Å²) in [4.78, 5) is 65.5. The van der Waals surface area contributed by atoms with Gasteiger partial charge >= 0.3 is 5.97 Å². The first-order valence-corrected chi connectivity index (χ1v) is 13.7. The molecule has 1 aromatic heterocycles. The molecule has 0 saturated carbocycles. The zero-order valence-corrected chi connectivity index (χ0v) is 23.2. The highest BCUT2D eigenvalue weighted by molar-refractivity contribution is 5.99. The van der Waals surface area contributed by atoms with Gasteiger partial charge in [0.15, 0.2) is 11.6 Å². The summed E-state index contributed by atoms with van der Waals surface area (Å²) in [6.45, 7) is 1.43. The SMILES string of the molecule is CC(C(=O)NC(CC(=O)O)C(=O)Cn1nnnc1Cc1ccccc1)N1CCCC[C@H](NC(=O)c2ccccc2)C1=O. The fraction of sp³-hybridized carbons (Fsp3) is 0.379. The van der Waals surface area contributed by atoms with E-state index < -0.39 is 54.0 Å². The number of likely N-dealkylation sites (tertiary alicyclic amines) is 1. The summed E-state index contributed by atoms with van der Waals surface area (Å²) in [5, 5.41) is 26.2. The highest BCUT2D eigenvalue weighted by Gasteiger charge is 2.35. The Morgan fingerprint density at radius 3 is 2.40 bits per heavy atom. The third-order valence-corrected chi connectivity index (χ3v) is 7.11. The van der Waals surface area contributed by atoms with Gasteiger partial charge in [-0.05, 0) is 54.3 Å². The van der Waals surface area contributed by atoms with E-state index in [4.69, 9.17) is 0 Å². The number of ketones is 1. The number of nitrogens with zero attached hydrogens (tertiary/aromatic N) is 5. The maximum absolute atomic E-state index is 13.4. The summed E-state index contributed by atoms with van der Waals surface area (Å²) >= 11 is 0. The van der Waals surface area contributed by atoms with Crippen LogP contribution in [0.2, 0.25) is 0 Å². The average Bonchev–Trinajstić information content (AvgIpc) is 3.33. The van der Waals surface area contributed by atoms with E-state index in [1.54, 1.807) is 30.3 Å². The predicted octanol–water partition coefficient (Wildman–Crippen LogP) is 0.992. The Morgan fingerprint density at radius 2 is 1.71 bits per heavy atom. The molecule has 3 amide bonds. The van der Waals surface area contributed by atoms with Crippen LogP contribution in [0.25, 0.3) is 0 Å². The Kier molecular flexibility index (Phi) is 10.1. The molecule has 0 radical (unpaired) electrons. The molecule has 3 N–H and O–H groups in total. The van der Waals surface area contributed by atoms with Gasteiger partial charge in [0.05, 0.1) is 12.5 Å². The van der Waals surface area contributed by atoms with Crippen molar-refractivity contribution in [3.05, 3.63) is 77.6 Å². The number of carboxylic acids is 1. The molecular formula is C29H33N7O6. The average molecular weight is 576 g/mol. The second kappa shape index (κ2) is 14.1. The van der Waals surface area contributed by atoms with E-state index >= 15 is 0 Å². The van der Waals surface area contributed by atoms with E-state index in [-0.39, 0.29) is 13.1 Å². The molecule has 3 atom stereocenters. The molecule has 2 heterocycles. The maximum atomic E-state index is 13.4. The van der Waals surface area contributed by atoms with Crippen molar-refractivity contribution in [3.63, 3.8) is 0 Å². The Hall–Kier alpha value is -4.94. The van der Waals surface area contributed by atoms with Crippen molar-refractivity contribution >= 4 is 29.5 Å². The van der Waals surface area contributed by atoms with Gasteiger partial charge in [0.1, 0.15) is 18.6 Å². The van der Waals surface area contributed by atoms with Crippen molar-refractivity contribution in [2.45, 2.75) is 63.7 Å². The van der Waals surface area contributed by atoms with Crippen LogP contribution in [0.15, 0.2) is 60.7 Å². The van der Waals surface area contributed by atoms with Gasteiger partial charge in [-0.3, -0.25) is 24.0 Å². The lowest BCUT2D eigenvalue weighted by Crippen LogP contribution is -2.56. The Balaban J connectivity index is 1.42. The Morgan fingerprint density at radius 1 is 1.02 bits per heavy atom. The lowest BCUT2D eigenvalue weighted by Gasteiger charge is -2.30. The largest absolute Gasteiger partial charge is 0.481 e. The minimum atomic E-state index is -1.37. The van der Waals surface area contributed by atoms with E-state index in [0.29, 0.717) is 37.1 Å². The summed E-state index contributed by atoms with van der Waals surface area (Å²) in [7, 11) is 0. The van der Waals surface area contributed by atoms with Crippen molar-refractivity contribution in [3.8, 4) is 0 Å². The molecular weight excluding hydrogens is 542 g/mol. The number of carbonyl (C=O) groups is 5. The van der Waals surface area contributed by atoms with Crippen LogP contribution in [0.1, 0.15) is 54.4 Å². The molecule has 13 heteroatoms. The number of rotatable bonds is 12. The maximum Gasteiger partial charge on any atom is 0.305 e. The number of aromatic nitrogens is 4. The number of tetrazole rings is 1. The van der Waals surface area contributed by atoms with E-state index in [1.807, 2.05) is 30.3 Å². The van der Waals surface area contributed by atoms with Crippen LogP contribution in [0, 0.1) is 0 Å². The van der Waals surface area contributed by atoms with Gasteiger partial charge < -0.3 is 20.6 Å². The number of carboxylic acid groups (broad SMARTS) is 1. The number of amides is 3. The molecule has 1 fully saturated rings. The first kappa shape index (κ1) is 30.0. The van der Waals surface area contributed by atoms with E-state index in [0.717, 1.165) is 5.56 Å². The fourth-order valence-electron chi connectivity index (χ4n) is 4.78. The highest BCUT2D eigenvalue weighted by Crippen LogP contribution is 2.16. The number of benzene rings is 2. The van der Waals surface area contributed by atoms with Gasteiger partial charge in [0.2, 0.25) is 11.8 Å². The van der Waals surface area contributed by atoms with Crippen molar-refractivity contribution in [1.29, 1.82) is 0 Å². The van der Waals surface area contributed by atoms with E-state index in [9.17, 15) is 29.1 Å². The van der Waals surface area contributed by atoms with Crippen LogP contribution in [0.3, 0.4) is 0 Å². The summed E-state index contributed by atoms with van der Waals surface area (Å²) in [5.41, 5.74) is 1.34. The van der Waals surface area contributed by atoms with E-state index in [2.05, 4.69) is 26.2 Å². The zero-order valence-electron chi connectivity index (χ0n) is 23.2. The molecule has 1 aliphatic rings. The second-order valence-electron chi connectivity index (χ2n) is 10.1. The number of carbonyl (C=O) groups excluding carboxylic acids is 4. The van der Waals surface area contributed by atoms with Crippen LogP contribution < -0.4 is 10.6 Å². The first-order chi connectivity index (χ1) is 20.2. The third kappa shape index (κ3) is 7.83. The lowest BCUT2D eigenvalue weighted by molar-refractivity contribution is -0.143. The first-order valence-electron chi connectivity index (χ1n) is 13.7. The molecule has 0 aliphatic carbocycles. The molecule has 0 spiro atoms. The summed E-state index contributed by atoms with van der Waals surface area (Å²) in [5.74, 6) is -2.97. The quantitative estimate of drug-likeness (QED) is 0.284. The fourth-order valence-corrected chi connectivity index (χ4v) is 4.78. The molecule has 220 valence electrons. The summed E-state index contributed by atoms with van der Waals surface area (Å²) < 4.78 is 1.28. The van der Waals surface area contributed by atoms with Gasteiger partial charge in [-0.2, -0.15) is 0 Å². The van der Waals surface area contributed by atoms with Crippen LogP contribution in [-0.2, 0) is 32.1 Å². The lowest BCUT2D eigenvalue weighted by atomic mass is 10.1. The van der Waals surface area contributed by atoms with Crippen molar-refractivity contribution < 1.29 is 29.1 Å². The van der Waals surface area contributed by atoms with Gasteiger partial charge in [-0.1, -0.05) is 48.5 Å². The summed E-state index contributed by atoms with van der Waals surface area (Å²) in [6.07, 6.45) is 1.39. The molecule has 2 aromatic carbocycles. The Bertz CT molecular complexity index is 1410. The van der Waals surface area contributed by atoms with Gasteiger partial charge in [0, 0.05) is 18.5 Å². The standard InChI is InChI=1S/C29H33N7O6/c1-19(35-15-9-8-14-22(29(35)42)30-28(41)21-12-6-3-7-13-21)27(40)31-23(17-26(38)39)24(37)18-36-25(32-33-34-36)16-20-10-4-2-5-11-20/h2-7,10-13,19,22-23H,8-9,14-18H2,1H3,(H,30,41)(H,31,40)(H,38,39)/t19?,22-,23?/m0/s1. The molecule has 1 saturated heterocycles. The van der Waals surface area contributed by atoms with Crippen molar-refractivity contribution in [2.24, 2.45) is 0 Å². The van der Waals surface area contributed by atoms with Gasteiger partial charge in [0.25, 0.3) is 5.91 Å². The van der Waals surface area contributed by atoms with Crippen LogP contribution in [0.4, 0.5) is 0 Å². The highest BCUT2D eigenvalue weighted by atomic mass is 16.4. The Labute approximate surface area is 242 Å². The van der Waals surface area contributed by atoms with Gasteiger partial charge in [-0.15, -0.1) is 5.10 Å². The normalized spacial score (nSPS) is 16.6.